The number of rotatable bonds is 16. The molecule has 6 rings (SSSR count). The maximum atomic E-state index is 13.9. The molecule has 0 amide bonds. The van der Waals surface area contributed by atoms with E-state index >= 15 is 0 Å². The molecule has 0 bridgehead atoms. The number of hydrogen-bond acceptors (Lipinski definition) is 8. The van der Waals surface area contributed by atoms with E-state index in [4.69, 9.17) is 27.9 Å². The number of hydrogen-bond donors (Lipinski definition) is 0. The first-order valence-corrected chi connectivity index (χ1v) is 19.6. The summed E-state index contributed by atoms with van der Waals surface area (Å²) in [5, 5.41) is 0. The summed E-state index contributed by atoms with van der Waals surface area (Å²) in [6.07, 6.45) is -4.40. The summed E-state index contributed by atoms with van der Waals surface area (Å²) in [7, 11) is -6.12. The summed E-state index contributed by atoms with van der Waals surface area (Å²) in [6.45, 7) is 2.38. The lowest BCUT2D eigenvalue weighted by Gasteiger charge is -2.28. The van der Waals surface area contributed by atoms with Crippen LogP contribution in [0.4, 0.5) is 13.2 Å². The largest absolute Gasteiger partial charge is 0.534 e. The van der Waals surface area contributed by atoms with Gasteiger partial charge in [-0.2, -0.15) is 21.6 Å². The molecule has 0 aromatic heterocycles. The standard InChI is InChI=1S/C41H38F3IO8S/c1-28(48-24-29-14-6-2-7-15-29)36-39(50-26-31-18-10-4-11-19-31)40(51-27-32-20-12-5-13-21-32)38(52-36)33-22-23-34(49-25-30-16-8-3-9-17-30)35(45)37(33)53-54(46,47)41(42,43)44/h2-23,28,36,38-40H,24-27H2,1H3/t28-,36+,38-,39+,40+/m1/s1. The first-order valence-electron chi connectivity index (χ1n) is 17.1. The van der Waals surface area contributed by atoms with E-state index in [2.05, 4.69) is 0 Å². The van der Waals surface area contributed by atoms with Crippen molar-refractivity contribution in [2.45, 2.75) is 69.4 Å². The molecule has 54 heavy (non-hydrogen) atoms. The van der Waals surface area contributed by atoms with E-state index in [9.17, 15) is 21.6 Å². The second-order valence-electron chi connectivity index (χ2n) is 12.6. The fraction of sp³-hybridized carbons (Fsp3) is 0.268. The zero-order chi connectivity index (χ0) is 38.1. The van der Waals surface area contributed by atoms with Crippen molar-refractivity contribution < 1.29 is 49.5 Å². The van der Waals surface area contributed by atoms with Crippen LogP contribution in [0.1, 0.15) is 40.8 Å². The molecule has 1 aliphatic heterocycles. The van der Waals surface area contributed by atoms with E-state index in [0.717, 1.165) is 22.3 Å². The number of halogens is 4. The summed E-state index contributed by atoms with van der Waals surface area (Å²) < 4.78 is 104. The highest BCUT2D eigenvalue weighted by Gasteiger charge is 2.53. The lowest BCUT2D eigenvalue weighted by atomic mass is 9.98. The third kappa shape index (κ3) is 10.00. The highest BCUT2D eigenvalue weighted by molar-refractivity contribution is 14.1. The van der Waals surface area contributed by atoms with Gasteiger partial charge in [0.2, 0.25) is 0 Å². The van der Waals surface area contributed by atoms with Crippen molar-refractivity contribution in [3.8, 4) is 11.5 Å². The van der Waals surface area contributed by atoms with Gasteiger partial charge in [0.05, 0.1) is 29.5 Å². The summed E-state index contributed by atoms with van der Waals surface area (Å²) in [5.41, 5.74) is -2.30. The van der Waals surface area contributed by atoms with Gasteiger partial charge >= 0.3 is 15.6 Å². The third-order valence-corrected chi connectivity index (χ3v) is 10.7. The smallest absolute Gasteiger partial charge is 0.488 e. The summed E-state index contributed by atoms with van der Waals surface area (Å²) in [4.78, 5) is 0. The molecule has 1 saturated heterocycles. The monoisotopic (exact) mass is 874 g/mol. The molecule has 284 valence electrons. The van der Waals surface area contributed by atoms with Crippen LogP contribution in [-0.4, -0.2) is 38.3 Å². The number of alkyl halides is 3. The molecule has 5 aromatic carbocycles. The van der Waals surface area contributed by atoms with Gasteiger partial charge in [0, 0.05) is 5.56 Å². The van der Waals surface area contributed by atoms with Crippen molar-refractivity contribution in [1.29, 1.82) is 0 Å². The van der Waals surface area contributed by atoms with Gasteiger partial charge in [0.25, 0.3) is 0 Å². The van der Waals surface area contributed by atoms with Gasteiger partial charge < -0.3 is 27.9 Å². The summed E-state index contributed by atoms with van der Waals surface area (Å²) >= 11 is 1.74. The van der Waals surface area contributed by atoms with Crippen molar-refractivity contribution in [3.63, 3.8) is 0 Å². The Kier molecular flexibility index (Phi) is 13.3. The first-order chi connectivity index (χ1) is 26.0. The van der Waals surface area contributed by atoms with Crippen LogP contribution in [0.15, 0.2) is 133 Å². The molecular weight excluding hydrogens is 836 g/mol. The zero-order valence-corrected chi connectivity index (χ0v) is 32.1. The van der Waals surface area contributed by atoms with Crippen molar-refractivity contribution in [2.75, 3.05) is 0 Å². The fourth-order valence-corrected chi connectivity index (χ4v) is 7.38. The molecule has 5 atom stereocenters. The lowest BCUT2D eigenvalue weighted by molar-refractivity contribution is -0.115. The van der Waals surface area contributed by atoms with Crippen LogP contribution in [0.2, 0.25) is 0 Å². The molecule has 0 saturated carbocycles. The molecule has 1 aliphatic rings. The maximum Gasteiger partial charge on any atom is 0.534 e. The predicted octanol–water partition coefficient (Wildman–Crippen LogP) is 9.31. The molecule has 5 aromatic rings. The average molecular weight is 875 g/mol. The van der Waals surface area contributed by atoms with Crippen LogP contribution < -0.4 is 8.92 Å². The van der Waals surface area contributed by atoms with E-state index in [-0.39, 0.29) is 41.3 Å². The molecule has 0 unspecified atom stereocenters. The van der Waals surface area contributed by atoms with E-state index in [1.165, 1.54) is 6.07 Å². The van der Waals surface area contributed by atoms with Crippen molar-refractivity contribution in [3.05, 3.63) is 165 Å². The summed E-state index contributed by atoms with van der Waals surface area (Å²) in [5.74, 6) is -0.472. The Morgan fingerprint density at radius 1 is 0.667 bits per heavy atom. The van der Waals surface area contributed by atoms with Gasteiger partial charge in [-0.1, -0.05) is 121 Å². The molecular formula is C41H38F3IO8S. The highest BCUT2D eigenvalue weighted by Crippen LogP contribution is 2.47. The molecule has 0 spiro atoms. The van der Waals surface area contributed by atoms with E-state index < -0.39 is 51.9 Å². The number of benzene rings is 5. The first kappa shape index (κ1) is 39.7. The fourth-order valence-electron chi connectivity index (χ4n) is 5.98. The Morgan fingerprint density at radius 2 is 1.13 bits per heavy atom. The van der Waals surface area contributed by atoms with Gasteiger partial charge in [0.15, 0.2) is 5.75 Å². The molecule has 8 nitrogen and oxygen atoms in total. The number of ether oxygens (including phenoxy) is 5. The minimum absolute atomic E-state index is 0.00199. The van der Waals surface area contributed by atoms with E-state index in [1.54, 1.807) is 28.7 Å². The van der Waals surface area contributed by atoms with Gasteiger partial charge in [-0.05, 0) is 63.9 Å². The molecule has 1 fully saturated rings. The van der Waals surface area contributed by atoms with Gasteiger partial charge in [-0.25, -0.2) is 0 Å². The van der Waals surface area contributed by atoms with Crippen molar-refractivity contribution >= 4 is 32.7 Å². The molecule has 0 aliphatic carbocycles. The van der Waals surface area contributed by atoms with Crippen LogP contribution >= 0.6 is 22.6 Å². The Hall–Kier alpha value is -3.99. The van der Waals surface area contributed by atoms with Gasteiger partial charge in [0.1, 0.15) is 36.8 Å². The Bertz CT molecular complexity index is 2040. The second kappa shape index (κ2) is 18.1. The van der Waals surface area contributed by atoms with E-state index in [0.29, 0.717) is 0 Å². The van der Waals surface area contributed by atoms with Crippen molar-refractivity contribution in [2.24, 2.45) is 0 Å². The highest BCUT2D eigenvalue weighted by atomic mass is 127. The van der Waals surface area contributed by atoms with E-state index in [1.807, 2.05) is 128 Å². The molecule has 1 heterocycles. The minimum atomic E-state index is -6.12. The maximum absolute atomic E-state index is 13.9. The van der Waals surface area contributed by atoms with Crippen LogP contribution in [0.3, 0.4) is 0 Å². The van der Waals surface area contributed by atoms with Crippen LogP contribution in [0.25, 0.3) is 0 Å². The average Bonchev–Trinajstić information content (AvgIpc) is 3.54. The van der Waals surface area contributed by atoms with Crippen molar-refractivity contribution in [1.82, 2.24) is 0 Å². The molecule has 0 N–H and O–H groups in total. The lowest BCUT2D eigenvalue weighted by Crippen LogP contribution is -2.41. The molecule has 13 heteroatoms. The zero-order valence-electron chi connectivity index (χ0n) is 29.1. The summed E-state index contributed by atoms with van der Waals surface area (Å²) in [6, 6.07) is 40.5. The Labute approximate surface area is 326 Å². The Morgan fingerprint density at radius 3 is 1.63 bits per heavy atom. The van der Waals surface area contributed by atoms with Crippen LogP contribution in [0, 0.1) is 3.57 Å². The van der Waals surface area contributed by atoms with Gasteiger partial charge in [-0.15, -0.1) is 0 Å². The normalized spacial score (nSPS) is 19.4. The second-order valence-corrected chi connectivity index (χ2v) is 15.2. The van der Waals surface area contributed by atoms with Crippen LogP contribution in [-0.2, 0) is 55.5 Å². The third-order valence-electron chi connectivity index (χ3n) is 8.75. The van der Waals surface area contributed by atoms with Gasteiger partial charge in [-0.3, -0.25) is 0 Å². The SMILES string of the molecule is C[C@@H](OCc1ccccc1)[C@@H]1O[C@H](c2ccc(OCc3ccccc3)c(I)c2OS(=O)(=O)C(F)(F)F)[C@H](OCc2ccccc2)[C@H]1OCc1ccccc1. The topological polar surface area (TPSA) is 89.5 Å². The predicted molar refractivity (Wildman–Crippen MR) is 204 cm³/mol. The van der Waals surface area contributed by atoms with Crippen LogP contribution in [0.5, 0.6) is 11.5 Å². The minimum Gasteiger partial charge on any atom is -0.488 e. The Balaban J connectivity index is 1.41. The quantitative estimate of drug-likeness (QED) is 0.0551. The molecule has 0 radical (unpaired) electrons.